The van der Waals surface area contributed by atoms with E-state index in [0.717, 1.165) is 6.42 Å². The zero-order valence-corrected chi connectivity index (χ0v) is 9.30. The standard InChI is InChI=1S/C15H12O2/c16-14-10-3-1-2-4-11(10)15(17)13-9-6-5-8(7-9)12(13)14/h1-6,8-9,12-13H,7H2/t8-,9-,12+,13+/m0/s1. The fraction of sp³-hybridized carbons (Fsp3) is 0.333. The Hall–Kier alpha value is -1.70. The number of hydrogen-bond donors (Lipinski definition) is 0. The molecule has 2 heteroatoms. The first-order valence-corrected chi connectivity index (χ1v) is 6.13. The quantitative estimate of drug-likeness (QED) is 0.634. The number of carbonyl (C=O) groups is 2. The summed E-state index contributed by atoms with van der Waals surface area (Å²) in [5.74, 6) is 0.813. The third-order valence-corrected chi connectivity index (χ3v) is 4.52. The molecule has 0 N–H and O–H groups in total. The van der Waals surface area contributed by atoms with Gasteiger partial charge in [-0.05, 0) is 18.3 Å². The highest BCUT2D eigenvalue weighted by Gasteiger charge is 2.54. The van der Waals surface area contributed by atoms with E-state index in [4.69, 9.17) is 0 Å². The molecule has 84 valence electrons. The van der Waals surface area contributed by atoms with Gasteiger partial charge in [0.2, 0.25) is 0 Å². The van der Waals surface area contributed by atoms with Crippen molar-refractivity contribution in [3.05, 3.63) is 47.5 Å². The minimum atomic E-state index is -0.0765. The van der Waals surface area contributed by atoms with Gasteiger partial charge in [-0.25, -0.2) is 0 Å². The van der Waals surface area contributed by atoms with Crippen LogP contribution in [0.2, 0.25) is 0 Å². The maximum atomic E-state index is 12.4. The smallest absolute Gasteiger partial charge is 0.168 e. The van der Waals surface area contributed by atoms with E-state index in [1.165, 1.54) is 0 Å². The summed E-state index contributed by atoms with van der Waals surface area (Å²) >= 11 is 0. The molecule has 3 aliphatic carbocycles. The molecule has 2 bridgehead atoms. The monoisotopic (exact) mass is 224 g/mol. The fourth-order valence-electron chi connectivity index (χ4n) is 3.81. The zero-order chi connectivity index (χ0) is 11.6. The summed E-state index contributed by atoms with van der Waals surface area (Å²) in [7, 11) is 0. The maximum absolute atomic E-state index is 12.4. The molecule has 0 amide bonds. The molecule has 0 aliphatic heterocycles. The molecule has 2 nitrogen and oxygen atoms in total. The van der Waals surface area contributed by atoms with Crippen LogP contribution in [0.1, 0.15) is 27.1 Å². The summed E-state index contributed by atoms with van der Waals surface area (Å²) in [6.07, 6.45) is 5.25. The maximum Gasteiger partial charge on any atom is 0.168 e. The van der Waals surface area contributed by atoms with Gasteiger partial charge in [-0.2, -0.15) is 0 Å². The van der Waals surface area contributed by atoms with Crippen molar-refractivity contribution in [3.63, 3.8) is 0 Å². The normalized spacial score (nSPS) is 37.2. The summed E-state index contributed by atoms with van der Waals surface area (Å²) in [6.45, 7) is 0. The van der Waals surface area contributed by atoms with Gasteiger partial charge in [0.1, 0.15) is 0 Å². The molecule has 0 aromatic heterocycles. The van der Waals surface area contributed by atoms with Crippen molar-refractivity contribution in [2.75, 3.05) is 0 Å². The van der Waals surface area contributed by atoms with Gasteiger partial charge in [0.25, 0.3) is 0 Å². The fourth-order valence-corrected chi connectivity index (χ4v) is 3.81. The first-order valence-electron chi connectivity index (χ1n) is 6.13. The third kappa shape index (κ3) is 1.01. The van der Waals surface area contributed by atoms with Crippen LogP contribution in [0.5, 0.6) is 0 Å². The van der Waals surface area contributed by atoms with Gasteiger partial charge in [-0.3, -0.25) is 9.59 Å². The largest absolute Gasteiger partial charge is 0.294 e. The van der Waals surface area contributed by atoms with Crippen LogP contribution in [0, 0.1) is 23.7 Å². The van der Waals surface area contributed by atoms with E-state index in [0.29, 0.717) is 23.0 Å². The molecule has 0 heterocycles. The zero-order valence-electron chi connectivity index (χ0n) is 9.30. The predicted octanol–water partition coefficient (Wildman–Crippen LogP) is 2.50. The predicted molar refractivity (Wildman–Crippen MR) is 62.8 cm³/mol. The Bertz CT molecular complexity index is 521. The van der Waals surface area contributed by atoms with Crippen molar-refractivity contribution in [1.29, 1.82) is 0 Å². The molecule has 0 unspecified atom stereocenters. The lowest BCUT2D eigenvalue weighted by Gasteiger charge is -2.31. The number of Topliss-reactive ketones (excluding diaryl/α,β-unsaturated/α-hetero) is 2. The second-order valence-electron chi connectivity index (χ2n) is 5.27. The Morgan fingerprint density at radius 1 is 0.824 bits per heavy atom. The van der Waals surface area contributed by atoms with Gasteiger partial charge in [0.15, 0.2) is 11.6 Å². The van der Waals surface area contributed by atoms with Crippen molar-refractivity contribution in [1.82, 2.24) is 0 Å². The first-order chi connectivity index (χ1) is 8.27. The number of hydrogen-bond acceptors (Lipinski definition) is 2. The lowest BCUT2D eigenvalue weighted by atomic mass is 9.69. The van der Waals surface area contributed by atoms with Crippen LogP contribution >= 0.6 is 0 Å². The Morgan fingerprint density at radius 2 is 1.29 bits per heavy atom. The summed E-state index contributed by atoms with van der Waals surface area (Å²) in [4.78, 5) is 24.9. The van der Waals surface area contributed by atoms with Crippen molar-refractivity contribution >= 4 is 11.6 Å². The van der Waals surface area contributed by atoms with E-state index in [-0.39, 0.29) is 23.4 Å². The Kier molecular flexibility index (Phi) is 1.62. The number of carbonyl (C=O) groups excluding carboxylic acids is 2. The second-order valence-corrected chi connectivity index (χ2v) is 5.27. The van der Waals surface area contributed by atoms with Crippen LogP contribution in [0.15, 0.2) is 36.4 Å². The van der Waals surface area contributed by atoms with Crippen molar-refractivity contribution in [3.8, 4) is 0 Å². The molecule has 1 saturated carbocycles. The highest BCUT2D eigenvalue weighted by atomic mass is 16.1. The minimum Gasteiger partial charge on any atom is -0.294 e. The van der Waals surface area contributed by atoms with Crippen LogP contribution < -0.4 is 0 Å². The van der Waals surface area contributed by atoms with Gasteiger partial charge in [-0.1, -0.05) is 36.4 Å². The van der Waals surface area contributed by atoms with Gasteiger partial charge in [0.05, 0.1) is 0 Å². The highest BCUT2D eigenvalue weighted by molar-refractivity contribution is 6.16. The molecule has 4 atom stereocenters. The molecule has 0 radical (unpaired) electrons. The third-order valence-electron chi connectivity index (χ3n) is 4.52. The number of rotatable bonds is 0. The Labute approximate surface area is 99.3 Å². The molecule has 3 aliphatic rings. The number of ketones is 2. The van der Waals surface area contributed by atoms with E-state index in [9.17, 15) is 9.59 Å². The molecule has 1 fully saturated rings. The molecule has 1 aromatic rings. The molecule has 0 saturated heterocycles. The van der Waals surface area contributed by atoms with Crippen LogP contribution in [0.25, 0.3) is 0 Å². The average Bonchev–Trinajstić information content (AvgIpc) is 2.96. The van der Waals surface area contributed by atoms with E-state index >= 15 is 0 Å². The second kappa shape index (κ2) is 2.95. The van der Waals surface area contributed by atoms with Crippen molar-refractivity contribution in [2.24, 2.45) is 23.7 Å². The van der Waals surface area contributed by atoms with Gasteiger partial charge >= 0.3 is 0 Å². The van der Waals surface area contributed by atoms with Crippen LogP contribution in [-0.2, 0) is 0 Å². The lowest BCUT2D eigenvalue weighted by molar-refractivity contribution is 0.0720. The minimum absolute atomic E-state index is 0.0765. The van der Waals surface area contributed by atoms with E-state index in [1.54, 1.807) is 12.1 Å². The van der Waals surface area contributed by atoms with Gasteiger partial charge in [-0.15, -0.1) is 0 Å². The summed E-state index contributed by atoms with van der Waals surface area (Å²) in [5.41, 5.74) is 1.28. The number of benzene rings is 1. The van der Waals surface area contributed by atoms with Gasteiger partial charge < -0.3 is 0 Å². The van der Waals surface area contributed by atoms with Crippen molar-refractivity contribution < 1.29 is 9.59 Å². The Morgan fingerprint density at radius 3 is 1.76 bits per heavy atom. The Balaban J connectivity index is 1.94. The van der Waals surface area contributed by atoms with E-state index in [1.807, 2.05) is 12.1 Å². The van der Waals surface area contributed by atoms with Crippen molar-refractivity contribution in [2.45, 2.75) is 6.42 Å². The lowest BCUT2D eigenvalue weighted by Crippen LogP contribution is -2.38. The molecule has 17 heavy (non-hydrogen) atoms. The summed E-state index contributed by atoms with van der Waals surface area (Å²) < 4.78 is 0. The average molecular weight is 224 g/mol. The van der Waals surface area contributed by atoms with Crippen LogP contribution in [0.3, 0.4) is 0 Å². The topological polar surface area (TPSA) is 34.1 Å². The van der Waals surface area contributed by atoms with E-state index < -0.39 is 0 Å². The van der Waals surface area contributed by atoms with E-state index in [2.05, 4.69) is 12.2 Å². The summed E-state index contributed by atoms with van der Waals surface area (Å²) in [6, 6.07) is 7.27. The SMILES string of the molecule is O=C1c2ccccc2C(=O)[C@H]2[C@H]1[C@H]1C=C[C@H]2C1. The summed E-state index contributed by atoms with van der Waals surface area (Å²) in [5, 5.41) is 0. The highest BCUT2D eigenvalue weighted by Crippen LogP contribution is 2.52. The molecular formula is C15H12O2. The molecular weight excluding hydrogens is 212 g/mol. The number of fused-ring (bicyclic) bond motifs is 6. The van der Waals surface area contributed by atoms with Crippen LogP contribution in [-0.4, -0.2) is 11.6 Å². The molecule has 1 aromatic carbocycles. The first kappa shape index (κ1) is 9.34. The molecule has 0 spiro atoms. The number of allylic oxidation sites excluding steroid dienone is 2. The molecule has 4 rings (SSSR count). The van der Waals surface area contributed by atoms with Crippen LogP contribution in [0.4, 0.5) is 0 Å². The van der Waals surface area contributed by atoms with Gasteiger partial charge in [0, 0.05) is 23.0 Å².